The van der Waals surface area contributed by atoms with Crippen LogP contribution in [-0.4, -0.2) is 83.1 Å². The quantitative estimate of drug-likeness (QED) is 0.565. The molecule has 5 rings (SSSR count). The summed E-state index contributed by atoms with van der Waals surface area (Å²) in [4.78, 5) is 58.9. The number of amides is 3. The van der Waals surface area contributed by atoms with E-state index < -0.39 is 17.6 Å². The number of nitrogens with one attached hydrogen (secondary N) is 1. The normalized spacial score (nSPS) is 25.3. The standard InChI is InChI=1S/C29H41N5O4/c1-19(2)17-22(31-26(36)20-7-9-21(10-8-20)32-14-5-6-15-32)27(37)33-16-11-23-25(33)24(35)18-34(23)28(38)29(30)12-3-4-13-29/h7-10,19,22-23,25H,3-6,11-18,30H2,1-2H3,(H,31,36). The van der Waals surface area contributed by atoms with Crippen LogP contribution in [0, 0.1) is 5.92 Å². The molecule has 4 aliphatic rings. The SMILES string of the molecule is CC(C)CC(NC(=O)c1ccc(N2CCCC2)cc1)C(=O)N1CCC2C1C(=O)CN2C(=O)C1(N)CCCC1. The highest BCUT2D eigenvalue weighted by Gasteiger charge is 2.55. The van der Waals surface area contributed by atoms with Crippen molar-refractivity contribution >= 4 is 29.2 Å². The summed E-state index contributed by atoms with van der Waals surface area (Å²) in [6, 6.07) is 5.79. The third kappa shape index (κ3) is 5.05. The number of hydrogen-bond acceptors (Lipinski definition) is 6. The summed E-state index contributed by atoms with van der Waals surface area (Å²) in [6.07, 6.45) is 6.48. The van der Waals surface area contributed by atoms with Gasteiger partial charge in [-0.2, -0.15) is 0 Å². The van der Waals surface area contributed by atoms with E-state index in [2.05, 4.69) is 10.2 Å². The van der Waals surface area contributed by atoms with Crippen LogP contribution in [0.5, 0.6) is 0 Å². The fourth-order valence-corrected chi connectivity index (χ4v) is 6.78. The Bertz CT molecular complexity index is 1070. The van der Waals surface area contributed by atoms with Gasteiger partial charge in [0.25, 0.3) is 5.91 Å². The average Bonchev–Trinajstić information content (AvgIpc) is 3.69. The maximum Gasteiger partial charge on any atom is 0.251 e. The Labute approximate surface area is 225 Å². The van der Waals surface area contributed by atoms with E-state index in [1.165, 1.54) is 12.8 Å². The van der Waals surface area contributed by atoms with Gasteiger partial charge in [0, 0.05) is 30.9 Å². The second-order valence-electron chi connectivity index (χ2n) is 12.0. The van der Waals surface area contributed by atoms with Crippen LogP contribution in [-0.2, 0) is 14.4 Å². The van der Waals surface area contributed by atoms with Gasteiger partial charge in [0.15, 0.2) is 5.78 Å². The first-order valence-electron chi connectivity index (χ1n) is 14.3. The van der Waals surface area contributed by atoms with Gasteiger partial charge in [-0.15, -0.1) is 0 Å². The van der Waals surface area contributed by atoms with Gasteiger partial charge < -0.3 is 25.8 Å². The number of benzene rings is 1. The van der Waals surface area contributed by atoms with E-state index in [0.29, 0.717) is 37.8 Å². The van der Waals surface area contributed by atoms with E-state index in [-0.39, 0.29) is 42.0 Å². The van der Waals surface area contributed by atoms with Crippen molar-refractivity contribution in [3.8, 4) is 0 Å². The Morgan fingerprint density at radius 1 is 1.00 bits per heavy atom. The van der Waals surface area contributed by atoms with Crippen molar-refractivity contribution in [2.45, 2.75) is 88.9 Å². The molecule has 1 saturated carbocycles. The lowest BCUT2D eigenvalue weighted by Crippen LogP contribution is -2.56. The molecule has 0 bridgehead atoms. The highest BCUT2D eigenvalue weighted by atomic mass is 16.2. The molecule has 3 unspecified atom stereocenters. The molecule has 1 aromatic rings. The first-order valence-corrected chi connectivity index (χ1v) is 14.3. The summed E-state index contributed by atoms with van der Waals surface area (Å²) in [5, 5.41) is 2.95. The first kappa shape index (κ1) is 26.7. The first-order chi connectivity index (χ1) is 18.2. The predicted molar refractivity (Wildman–Crippen MR) is 145 cm³/mol. The Morgan fingerprint density at radius 2 is 1.66 bits per heavy atom. The second-order valence-corrected chi connectivity index (χ2v) is 12.0. The maximum absolute atomic E-state index is 13.8. The predicted octanol–water partition coefficient (Wildman–Crippen LogP) is 2.08. The van der Waals surface area contributed by atoms with Crippen molar-refractivity contribution in [2.75, 3.05) is 31.1 Å². The van der Waals surface area contributed by atoms with E-state index in [0.717, 1.165) is 31.6 Å². The number of carbonyl (C=O) groups is 4. The van der Waals surface area contributed by atoms with Gasteiger partial charge in [-0.05, 0) is 68.7 Å². The molecule has 38 heavy (non-hydrogen) atoms. The fraction of sp³-hybridized carbons (Fsp3) is 0.655. The second kappa shape index (κ2) is 10.7. The number of nitrogens with two attached hydrogens (primary N) is 1. The zero-order valence-corrected chi connectivity index (χ0v) is 22.7. The smallest absolute Gasteiger partial charge is 0.251 e. The molecule has 0 aromatic heterocycles. The number of nitrogens with zero attached hydrogens (tertiary/aromatic N) is 3. The number of hydrogen-bond donors (Lipinski definition) is 2. The van der Waals surface area contributed by atoms with E-state index in [1.54, 1.807) is 21.9 Å². The summed E-state index contributed by atoms with van der Waals surface area (Å²) < 4.78 is 0. The molecule has 3 heterocycles. The van der Waals surface area contributed by atoms with Gasteiger partial charge in [-0.1, -0.05) is 26.7 Å². The third-order valence-electron chi connectivity index (χ3n) is 8.80. The molecule has 0 radical (unpaired) electrons. The van der Waals surface area contributed by atoms with Crippen LogP contribution in [0.15, 0.2) is 24.3 Å². The minimum Gasteiger partial charge on any atom is -0.372 e. The molecule has 3 atom stereocenters. The average molecular weight is 524 g/mol. The molecular formula is C29H41N5O4. The lowest BCUT2D eigenvalue weighted by molar-refractivity contribution is -0.138. The van der Waals surface area contributed by atoms with Crippen LogP contribution in [0.1, 0.15) is 75.6 Å². The molecule has 1 aromatic carbocycles. The Hall–Kier alpha value is -2.94. The number of Topliss-reactive ketones (excluding diaryl/α,β-unsaturated/α-hetero) is 1. The third-order valence-corrected chi connectivity index (χ3v) is 8.80. The highest BCUT2D eigenvalue weighted by molar-refractivity contribution is 6.01. The lowest BCUT2D eigenvalue weighted by atomic mass is 9.96. The van der Waals surface area contributed by atoms with E-state index in [4.69, 9.17) is 5.73 Å². The van der Waals surface area contributed by atoms with Crippen molar-refractivity contribution in [1.82, 2.24) is 15.1 Å². The summed E-state index contributed by atoms with van der Waals surface area (Å²) in [5.41, 5.74) is 7.14. The number of rotatable bonds is 7. The van der Waals surface area contributed by atoms with Crippen LogP contribution < -0.4 is 16.0 Å². The van der Waals surface area contributed by atoms with Crippen LogP contribution >= 0.6 is 0 Å². The molecule has 9 nitrogen and oxygen atoms in total. The molecule has 3 amide bonds. The minimum absolute atomic E-state index is 0.00146. The molecule has 3 aliphatic heterocycles. The van der Waals surface area contributed by atoms with Crippen molar-refractivity contribution < 1.29 is 19.2 Å². The molecule has 1 aliphatic carbocycles. The molecule has 206 valence electrons. The number of anilines is 1. The minimum atomic E-state index is -0.898. The van der Waals surface area contributed by atoms with Gasteiger partial charge in [0.2, 0.25) is 11.8 Å². The largest absolute Gasteiger partial charge is 0.372 e. The summed E-state index contributed by atoms with van der Waals surface area (Å²) in [7, 11) is 0. The summed E-state index contributed by atoms with van der Waals surface area (Å²) >= 11 is 0. The number of fused-ring (bicyclic) bond motifs is 1. The summed E-state index contributed by atoms with van der Waals surface area (Å²) in [5.74, 6) is -0.665. The van der Waals surface area contributed by atoms with E-state index in [9.17, 15) is 19.2 Å². The monoisotopic (exact) mass is 523 g/mol. The Kier molecular flexibility index (Phi) is 7.49. The van der Waals surface area contributed by atoms with Crippen LogP contribution in [0.4, 0.5) is 5.69 Å². The van der Waals surface area contributed by atoms with Crippen LogP contribution in [0.25, 0.3) is 0 Å². The van der Waals surface area contributed by atoms with Crippen molar-refractivity contribution in [2.24, 2.45) is 11.7 Å². The topological polar surface area (TPSA) is 116 Å². The van der Waals surface area contributed by atoms with Crippen molar-refractivity contribution in [3.63, 3.8) is 0 Å². The molecule has 3 N–H and O–H groups in total. The maximum atomic E-state index is 13.8. The van der Waals surface area contributed by atoms with Crippen LogP contribution in [0.2, 0.25) is 0 Å². The van der Waals surface area contributed by atoms with Gasteiger partial charge in [-0.3, -0.25) is 19.2 Å². The number of ketones is 1. The zero-order chi connectivity index (χ0) is 27.0. The van der Waals surface area contributed by atoms with Crippen LogP contribution in [0.3, 0.4) is 0 Å². The van der Waals surface area contributed by atoms with Gasteiger partial charge in [0.05, 0.1) is 18.1 Å². The molecule has 3 saturated heterocycles. The molecule has 9 heteroatoms. The van der Waals surface area contributed by atoms with E-state index >= 15 is 0 Å². The Morgan fingerprint density at radius 3 is 2.29 bits per heavy atom. The van der Waals surface area contributed by atoms with Crippen molar-refractivity contribution in [1.29, 1.82) is 0 Å². The van der Waals surface area contributed by atoms with Crippen molar-refractivity contribution in [3.05, 3.63) is 29.8 Å². The number of carbonyl (C=O) groups excluding carboxylic acids is 4. The fourth-order valence-electron chi connectivity index (χ4n) is 6.78. The molecule has 0 spiro atoms. The highest BCUT2D eigenvalue weighted by Crippen LogP contribution is 2.36. The van der Waals surface area contributed by atoms with Gasteiger partial charge >= 0.3 is 0 Å². The zero-order valence-electron chi connectivity index (χ0n) is 22.7. The summed E-state index contributed by atoms with van der Waals surface area (Å²) in [6.45, 7) is 6.46. The molecular weight excluding hydrogens is 482 g/mol. The van der Waals surface area contributed by atoms with E-state index in [1.807, 2.05) is 26.0 Å². The van der Waals surface area contributed by atoms with Gasteiger partial charge in [-0.25, -0.2) is 0 Å². The number of likely N-dealkylation sites (tertiary alicyclic amines) is 2. The van der Waals surface area contributed by atoms with Gasteiger partial charge in [0.1, 0.15) is 12.1 Å². The Balaban J connectivity index is 1.28. The lowest BCUT2D eigenvalue weighted by Gasteiger charge is -2.32. The molecule has 4 fully saturated rings.